The van der Waals surface area contributed by atoms with E-state index >= 15 is 0 Å². The SMILES string of the molecule is C/C=C(\NCCC(=O)O)c1cccc(C)c1NC. The Morgan fingerprint density at radius 2 is 2.17 bits per heavy atom. The van der Waals surface area contributed by atoms with E-state index in [1.54, 1.807) is 0 Å². The number of para-hydroxylation sites is 1. The number of aryl methyl sites for hydroxylation is 1. The fraction of sp³-hybridized carbons (Fsp3) is 0.357. The summed E-state index contributed by atoms with van der Waals surface area (Å²) in [7, 11) is 1.89. The third kappa shape index (κ3) is 3.52. The van der Waals surface area contributed by atoms with Gasteiger partial charge in [0.25, 0.3) is 0 Å². The molecule has 4 heteroatoms. The molecule has 0 atom stereocenters. The fourth-order valence-corrected chi connectivity index (χ4v) is 1.88. The molecule has 0 radical (unpaired) electrons. The van der Waals surface area contributed by atoms with Gasteiger partial charge in [-0.1, -0.05) is 24.3 Å². The molecule has 98 valence electrons. The third-order valence-corrected chi connectivity index (χ3v) is 2.76. The van der Waals surface area contributed by atoms with Crippen molar-refractivity contribution in [1.29, 1.82) is 0 Å². The number of hydrogen-bond acceptors (Lipinski definition) is 3. The van der Waals surface area contributed by atoms with Crippen molar-refractivity contribution in [2.75, 3.05) is 18.9 Å². The second kappa shape index (κ2) is 6.69. The van der Waals surface area contributed by atoms with E-state index < -0.39 is 5.97 Å². The number of benzene rings is 1. The predicted octanol–water partition coefficient (Wildman–Crippen LogP) is 2.46. The van der Waals surface area contributed by atoms with E-state index in [4.69, 9.17) is 5.11 Å². The number of carboxylic acid groups (broad SMARTS) is 1. The van der Waals surface area contributed by atoms with E-state index in [-0.39, 0.29) is 6.42 Å². The minimum Gasteiger partial charge on any atom is -0.481 e. The Bertz CT molecular complexity index is 453. The van der Waals surface area contributed by atoms with Crippen LogP contribution in [0.3, 0.4) is 0 Å². The average Bonchev–Trinajstić information content (AvgIpc) is 2.34. The van der Waals surface area contributed by atoms with Gasteiger partial charge >= 0.3 is 5.97 Å². The number of anilines is 1. The summed E-state index contributed by atoms with van der Waals surface area (Å²) >= 11 is 0. The summed E-state index contributed by atoms with van der Waals surface area (Å²) < 4.78 is 0. The van der Waals surface area contributed by atoms with Crippen LogP contribution in [0, 0.1) is 6.92 Å². The van der Waals surface area contributed by atoms with E-state index in [2.05, 4.69) is 10.6 Å². The van der Waals surface area contributed by atoms with Gasteiger partial charge in [0.2, 0.25) is 0 Å². The minimum atomic E-state index is -0.795. The lowest BCUT2D eigenvalue weighted by Crippen LogP contribution is -2.17. The largest absolute Gasteiger partial charge is 0.481 e. The first-order chi connectivity index (χ1) is 8.60. The van der Waals surface area contributed by atoms with Crippen LogP contribution in [0.4, 0.5) is 5.69 Å². The van der Waals surface area contributed by atoms with Crippen LogP contribution >= 0.6 is 0 Å². The van der Waals surface area contributed by atoms with Gasteiger partial charge in [-0.15, -0.1) is 0 Å². The Morgan fingerprint density at radius 1 is 1.44 bits per heavy atom. The topological polar surface area (TPSA) is 61.4 Å². The molecule has 0 bridgehead atoms. The summed E-state index contributed by atoms with van der Waals surface area (Å²) in [5, 5.41) is 15.0. The summed E-state index contributed by atoms with van der Waals surface area (Å²) in [6.07, 6.45) is 2.06. The Hall–Kier alpha value is -1.97. The molecule has 4 nitrogen and oxygen atoms in total. The molecule has 0 unspecified atom stereocenters. The van der Waals surface area contributed by atoms with Crippen molar-refractivity contribution in [3.05, 3.63) is 35.4 Å². The first kappa shape index (κ1) is 14.1. The third-order valence-electron chi connectivity index (χ3n) is 2.76. The first-order valence-corrected chi connectivity index (χ1v) is 5.99. The van der Waals surface area contributed by atoms with Crippen LogP contribution in [-0.2, 0) is 4.79 Å². The lowest BCUT2D eigenvalue weighted by Gasteiger charge is -2.16. The fourth-order valence-electron chi connectivity index (χ4n) is 1.88. The zero-order valence-electron chi connectivity index (χ0n) is 11.1. The van der Waals surface area contributed by atoms with Crippen molar-refractivity contribution >= 4 is 17.4 Å². The Kier molecular flexibility index (Phi) is 5.24. The molecule has 3 N–H and O–H groups in total. The molecule has 0 spiro atoms. The number of allylic oxidation sites excluding steroid dienone is 1. The van der Waals surface area contributed by atoms with Crippen LogP contribution in [0.15, 0.2) is 24.3 Å². The van der Waals surface area contributed by atoms with E-state index in [0.29, 0.717) is 6.54 Å². The second-order valence-corrected chi connectivity index (χ2v) is 4.02. The molecule has 18 heavy (non-hydrogen) atoms. The summed E-state index contributed by atoms with van der Waals surface area (Å²) in [4.78, 5) is 10.5. The standard InChI is InChI=1S/C14H20N2O2/c1-4-12(16-9-8-13(17)18)11-7-5-6-10(2)14(11)15-3/h4-7,15-16H,8-9H2,1-3H3,(H,17,18)/b12-4-. The van der Waals surface area contributed by atoms with Gasteiger partial charge in [-0.05, 0) is 19.4 Å². The highest BCUT2D eigenvalue weighted by Crippen LogP contribution is 2.25. The number of carboxylic acids is 1. The van der Waals surface area contributed by atoms with Gasteiger partial charge in [0.1, 0.15) is 0 Å². The minimum absolute atomic E-state index is 0.109. The zero-order chi connectivity index (χ0) is 13.5. The number of aliphatic carboxylic acids is 1. The molecule has 0 saturated heterocycles. The summed E-state index contributed by atoms with van der Waals surface area (Å²) in [6.45, 7) is 4.40. The van der Waals surface area contributed by atoms with E-state index in [9.17, 15) is 4.79 Å². The second-order valence-electron chi connectivity index (χ2n) is 4.02. The van der Waals surface area contributed by atoms with Crippen LogP contribution in [0.1, 0.15) is 24.5 Å². The number of rotatable bonds is 6. The summed E-state index contributed by atoms with van der Waals surface area (Å²) in [5.41, 5.74) is 4.23. The van der Waals surface area contributed by atoms with Crippen molar-refractivity contribution in [2.24, 2.45) is 0 Å². The normalized spacial score (nSPS) is 11.2. The molecule has 0 aliphatic heterocycles. The highest BCUT2D eigenvalue weighted by molar-refractivity contribution is 5.77. The van der Waals surface area contributed by atoms with Crippen molar-refractivity contribution in [3.63, 3.8) is 0 Å². The Balaban J connectivity index is 2.89. The molecule has 0 fully saturated rings. The van der Waals surface area contributed by atoms with Gasteiger partial charge in [0, 0.05) is 30.5 Å². The molecular formula is C14H20N2O2. The van der Waals surface area contributed by atoms with Crippen LogP contribution in [-0.4, -0.2) is 24.7 Å². The number of hydrogen-bond donors (Lipinski definition) is 3. The van der Waals surface area contributed by atoms with Crippen LogP contribution in [0.25, 0.3) is 5.70 Å². The van der Waals surface area contributed by atoms with Crippen molar-refractivity contribution in [1.82, 2.24) is 5.32 Å². The molecule has 0 aromatic heterocycles. The molecule has 0 amide bonds. The molecule has 0 aliphatic carbocycles. The molecule has 0 heterocycles. The molecule has 1 aromatic rings. The van der Waals surface area contributed by atoms with Gasteiger partial charge in [0.05, 0.1) is 6.42 Å². The molecular weight excluding hydrogens is 228 g/mol. The van der Waals surface area contributed by atoms with E-state index in [0.717, 1.165) is 22.5 Å². The van der Waals surface area contributed by atoms with Crippen LogP contribution < -0.4 is 10.6 Å². The Labute approximate surface area is 108 Å². The predicted molar refractivity (Wildman–Crippen MR) is 74.6 cm³/mol. The smallest absolute Gasteiger partial charge is 0.305 e. The monoisotopic (exact) mass is 248 g/mol. The molecule has 1 rings (SSSR count). The first-order valence-electron chi connectivity index (χ1n) is 5.99. The maximum absolute atomic E-state index is 10.5. The summed E-state index contributed by atoms with van der Waals surface area (Å²) in [6, 6.07) is 6.05. The van der Waals surface area contributed by atoms with Crippen molar-refractivity contribution < 1.29 is 9.90 Å². The van der Waals surface area contributed by atoms with Crippen molar-refractivity contribution in [2.45, 2.75) is 20.3 Å². The van der Waals surface area contributed by atoms with Gasteiger partial charge < -0.3 is 15.7 Å². The lowest BCUT2D eigenvalue weighted by molar-refractivity contribution is -0.136. The molecule has 0 saturated carbocycles. The summed E-state index contributed by atoms with van der Waals surface area (Å²) in [5.74, 6) is -0.795. The van der Waals surface area contributed by atoms with E-state index in [1.165, 1.54) is 0 Å². The maximum Gasteiger partial charge on any atom is 0.305 e. The van der Waals surface area contributed by atoms with Gasteiger partial charge in [0.15, 0.2) is 0 Å². The highest BCUT2D eigenvalue weighted by Gasteiger charge is 2.08. The van der Waals surface area contributed by atoms with Gasteiger partial charge in [-0.2, -0.15) is 0 Å². The Morgan fingerprint density at radius 3 is 2.72 bits per heavy atom. The number of nitrogens with one attached hydrogen (secondary N) is 2. The molecule has 1 aromatic carbocycles. The van der Waals surface area contributed by atoms with E-state index in [1.807, 2.05) is 45.2 Å². The quantitative estimate of drug-likeness (QED) is 0.723. The zero-order valence-corrected chi connectivity index (χ0v) is 11.1. The molecule has 0 aliphatic rings. The maximum atomic E-state index is 10.5. The van der Waals surface area contributed by atoms with Crippen LogP contribution in [0.5, 0.6) is 0 Å². The van der Waals surface area contributed by atoms with Crippen LogP contribution in [0.2, 0.25) is 0 Å². The number of carbonyl (C=O) groups is 1. The highest BCUT2D eigenvalue weighted by atomic mass is 16.4. The van der Waals surface area contributed by atoms with Gasteiger partial charge in [-0.3, -0.25) is 4.79 Å². The van der Waals surface area contributed by atoms with Crippen molar-refractivity contribution in [3.8, 4) is 0 Å². The average molecular weight is 248 g/mol. The lowest BCUT2D eigenvalue weighted by atomic mass is 10.0. The van der Waals surface area contributed by atoms with Gasteiger partial charge in [-0.25, -0.2) is 0 Å².